The molecule has 0 aromatic heterocycles. The van der Waals surface area contributed by atoms with Gasteiger partial charge in [0.25, 0.3) is 0 Å². The number of hydrogen-bond donors (Lipinski definition) is 0. The lowest BCUT2D eigenvalue weighted by molar-refractivity contribution is 0.606. The lowest BCUT2D eigenvalue weighted by atomic mass is 9.96. The number of allylic oxidation sites excluding steroid dienone is 1. The molecule has 3 heteroatoms. The molecule has 170 valence electrons. The molecule has 0 fully saturated rings. The van der Waals surface area contributed by atoms with Crippen molar-refractivity contribution >= 4 is 10.8 Å². The highest BCUT2D eigenvalue weighted by Gasteiger charge is 2.10. The Bertz CT molecular complexity index is 1350. The monoisotopic (exact) mass is 451 g/mol. The molecule has 0 aliphatic carbocycles. The summed E-state index contributed by atoms with van der Waals surface area (Å²) in [7, 11) is 0. The molecule has 0 radical (unpaired) electrons. The summed E-state index contributed by atoms with van der Waals surface area (Å²) >= 11 is 0. The van der Waals surface area contributed by atoms with Crippen LogP contribution in [0.3, 0.4) is 0 Å². The average molecular weight is 452 g/mol. The van der Waals surface area contributed by atoms with Crippen molar-refractivity contribution in [2.24, 2.45) is 0 Å². The third kappa shape index (κ3) is 5.58. The van der Waals surface area contributed by atoms with Crippen LogP contribution in [0.4, 0.5) is 8.78 Å². The first-order valence-electron chi connectivity index (χ1n) is 11.6. The van der Waals surface area contributed by atoms with E-state index in [1.54, 1.807) is 18.2 Å². The molecule has 0 unspecified atom stereocenters. The smallest absolute Gasteiger partial charge is 0.134 e. The van der Waals surface area contributed by atoms with Crippen LogP contribution in [-0.4, -0.2) is 0 Å². The zero-order valence-electron chi connectivity index (χ0n) is 19.2. The third-order valence-electron chi connectivity index (χ3n) is 6.30. The maximum atomic E-state index is 15.2. The highest BCUT2D eigenvalue weighted by atomic mass is 19.1. The molecular formula is C31H27F2N. The zero-order chi connectivity index (χ0) is 23.9. The number of hydrogen-bond acceptors (Lipinski definition) is 1. The lowest BCUT2D eigenvalue weighted by Crippen LogP contribution is -1.98. The van der Waals surface area contributed by atoms with Gasteiger partial charge in [0.05, 0.1) is 11.6 Å². The highest BCUT2D eigenvalue weighted by molar-refractivity contribution is 5.84. The number of nitriles is 1. The molecule has 0 spiro atoms. The van der Waals surface area contributed by atoms with Crippen molar-refractivity contribution in [3.05, 3.63) is 130 Å². The van der Waals surface area contributed by atoms with Crippen molar-refractivity contribution in [3.8, 4) is 6.07 Å². The first-order chi connectivity index (χ1) is 16.6. The van der Waals surface area contributed by atoms with Crippen LogP contribution < -0.4 is 0 Å². The standard InChI is InChI=1S/C31H27F2N/c1-2-3-4-23-10-13-26(30(32)20-23)14-11-24-12-18-29-28(19-24)17-16-27(31(29)33)15-9-22-5-7-25(21-34)8-6-22/h2,5-8,10,12-13,16-20H,1,3-4,9,11,14-15H2. The quantitative estimate of drug-likeness (QED) is 0.239. The SMILES string of the molecule is C=CCCc1ccc(CCc2ccc3c(F)c(CCc4ccc(C#N)cc4)ccc3c2)c(F)c1. The predicted molar refractivity (Wildman–Crippen MR) is 135 cm³/mol. The van der Waals surface area contributed by atoms with Crippen molar-refractivity contribution in [1.29, 1.82) is 5.26 Å². The Hall–Kier alpha value is -3.77. The fraction of sp³-hybridized carbons (Fsp3) is 0.194. The van der Waals surface area contributed by atoms with E-state index in [-0.39, 0.29) is 11.6 Å². The maximum Gasteiger partial charge on any atom is 0.134 e. The fourth-order valence-electron chi connectivity index (χ4n) is 4.26. The van der Waals surface area contributed by atoms with E-state index < -0.39 is 0 Å². The second-order valence-corrected chi connectivity index (χ2v) is 8.66. The van der Waals surface area contributed by atoms with E-state index in [1.807, 2.05) is 60.7 Å². The molecule has 0 atom stereocenters. The van der Waals surface area contributed by atoms with Gasteiger partial charge in [-0.2, -0.15) is 5.26 Å². The Kier molecular flexibility index (Phi) is 7.50. The van der Waals surface area contributed by atoms with Gasteiger partial charge in [-0.3, -0.25) is 0 Å². The van der Waals surface area contributed by atoms with Crippen molar-refractivity contribution in [2.45, 2.75) is 38.5 Å². The molecule has 34 heavy (non-hydrogen) atoms. The molecular weight excluding hydrogens is 424 g/mol. The fourth-order valence-corrected chi connectivity index (χ4v) is 4.26. The second kappa shape index (κ2) is 10.9. The molecule has 0 N–H and O–H groups in total. The van der Waals surface area contributed by atoms with Crippen molar-refractivity contribution in [1.82, 2.24) is 0 Å². The predicted octanol–water partition coefficient (Wildman–Crippen LogP) is 7.68. The molecule has 4 aromatic rings. The summed E-state index contributed by atoms with van der Waals surface area (Å²) < 4.78 is 29.6. The summed E-state index contributed by atoms with van der Waals surface area (Å²) in [6, 6.07) is 24.6. The number of nitrogens with zero attached hydrogens (tertiary/aromatic N) is 1. The van der Waals surface area contributed by atoms with Crippen LogP contribution in [0.25, 0.3) is 10.8 Å². The van der Waals surface area contributed by atoms with E-state index in [1.165, 1.54) is 0 Å². The molecule has 0 aliphatic heterocycles. The number of aryl methyl sites for hydroxylation is 5. The van der Waals surface area contributed by atoms with Crippen LogP contribution in [0.1, 0.15) is 39.8 Å². The van der Waals surface area contributed by atoms with Crippen LogP contribution in [-0.2, 0) is 32.1 Å². The molecule has 0 saturated carbocycles. The normalized spacial score (nSPS) is 10.9. The lowest BCUT2D eigenvalue weighted by Gasteiger charge is -2.10. The minimum absolute atomic E-state index is 0.166. The zero-order valence-corrected chi connectivity index (χ0v) is 19.2. The van der Waals surface area contributed by atoms with E-state index in [4.69, 9.17) is 5.26 Å². The van der Waals surface area contributed by atoms with Crippen LogP contribution in [0.2, 0.25) is 0 Å². The molecule has 0 amide bonds. The largest absolute Gasteiger partial charge is 0.207 e. The van der Waals surface area contributed by atoms with Crippen LogP contribution in [0.15, 0.2) is 85.5 Å². The van der Waals surface area contributed by atoms with E-state index in [0.717, 1.165) is 34.9 Å². The van der Waals surface area contributed by atoms with Gasteiger partial charge < -0.3 is 0 Å². The summed E-state index contributed by atoms with van der Waals surface area (Å²) in [6.45, 7) is 3.71. The van der Waals surface area contributed by atoms with E-state index in [9.17, 15) is 4.39 Å². The Morgan fingerprint density at radius 1 is 0.706 bits per heavy atom. The Labute approximate surface area is 200 Å². The number of halogens is 2. The van der Waals surface area contributed by atoms with Crippen LogP contribution in [0, 0.1) is 23.0 Å². The van der Waals surface area contributed by atoms with Crippen molar-refractivity contribution < 1.29 is 8.78 Å². The molecule has 1 nitrogen and oxygen atoms in total. The molecule has 4 aromatic carbocycles. The van der Waals surface area contributed by atoms with Gasteiger partial charge in [-0.15, -0.1) is 6.58 Å². The molecule has 0 bridgehead atoms. The van der Waals surface area contributed by atoms with Gasteiger partial charge in [0, 0.05) is 5.39 Å². The highest BCUT2D eigenvalue weighted by Crippen LogP contribution is 2.25. The molecule has 0 aliphatic rings. The topological polar surface area (TPSA) is 23.8 Å². The van der Waals surface area contributed by atoms with Gasteiger partial charge >= 0.3 is 0 Å². The van der Waals surface area contributed by atoms with Gasteiger partial charge in [0.15, 0.2) is 0 Å². The summed E-state index contributed by atoms with van der Waals surface area (Å²) in [5.74, 6) is -0.348. The molecule has 0 saturated heterocycles. The molecule has 0 heterocycles. The van der Waals surface area contributed by atoms with E-state index >= 15 is 4.39 Å². The number of benzene rings is 4. The second-order valence-electron chi connectivity index (χ2n) is 8.66. The Morgan fingerprint density at radius 3 is 2.09 bits per heavy atom. The van der Waals surface area contributed by atoms with Gasteiger partial charge in [-0.25, -0.2) is 8.78 Å². The van der Waals surface area contributed by atoms with Gasteiger partial charge in [-0.1, -0.05) is 60.7 Å². The minimum Gasteiger partial charge on any atom is -0.207 e. The van der Waals surface area contributed by atoms with Crippen molar-refractivity contribution in [2.75, 3.05) is 0 Å². The maximum absolute atomic E-state index is 15.2. The Balaban J connectivity index is 1.43. The van der Waals surface area contributed by atoms with E-state index in [2.05, 4.69) is 12.6 Å². The number of rotatable bonds is 9. The van der Waals surface area contributed by atoms with Crippen LogP contribution in [0.5, 0.6) is 0 Å². The summed E-state index contributed by atoms with van der Waals surface area (Å²) in [5, 5.41) is 10.4. The minimum atomic E-state index is -0.182. The summed E-state index contributed by atoms with van der Waals surface area (Å²) in [5.41, 5.74) is 5.13. The van der Waals surface area contributed by atoms with Gasteiger partial charge in [-0.05, 0) is 89.9 Å². The van der Waals surface area contributed by atoms with Crippen molar-refractivity contribution in [3.63, 3.8) is 0 Å². The first-order valence-corrected chi connectivity index (χ1v) is 11.6. The Morgan fingerprint density at radius 2 is 1.35 bits per heavy atom. The average Bonchev–Trinajstić information content (AvgIpc) is 2.86. The summed E-state index contributed by atoms with van der Waals surface area (Å²) in [4.78, 5) is 0. The molecule has 4 rings (SSSR count). The first kappa shape index (κ1) is 23.4. The third-order valence-corrected chi connectivity index (χ3v) is 6.30. The summed E-state index contributed by atoms with van der Waals surface area (Å²) in [6.07, 6.45) is 6.08. The van der Waals surface area contributed by atoms with E-state index in [0.29, 0.717) is 47.8 Å². The van der Waals surface area contributed by atoms with Crippen LogP contribution >= 0.6 is 0 Å². The van der Waals surface area contributed by atoms with Gasteiger partial charge in [0.1, 0.15) is 11.6 Å². The van der Waals surface area contributed by atoms with Gasteiger partial charge in [0.2, 0.25) is 0 Å². The number of fused-ring (bicyclic) bond motifs is 1.